The van der Waals surface area contributed by atoms with Gasteiger partial charge >= 0.3 is 5.97 Å². The van der Waals surface area contributed by atoms with Gasteiger partial charge in [-0.25, -0.2) is 4.79 Å². The van der Waals surface area contributed by atoms with E-state index in [1.54, 1.807) is 12.1 Å². The molecule has 6 heteroatoms. The second-order valence-corrected chi connectivity index (χ2v) is 5.25. The van der Waals surface area contributed by atoms with Crippen LogP contribution >= 0.6 is 0 Å². The highest BCUT2D eigenvalue weighted by atomic mass is 16.5. The quantitative estimate of drug-likeness (QED) is 0.743. The molecule has 122 valence electrons. The molecule has 0 aliphatic rings. The van der Waals surface area contributed by atoms with E-state index in [-0.39, 0.29) is 5.56 Å². The van der Waals surface area contributed by atoms with Crippen molar-refractivity contribution in [3.63, 3.8) is 0 Å². The van der Waals surface area contributed by atoms with E-state index >= 15 is 0 Å². The molecule has 0 heterocycles. The SMILES string of the molecule is CCOc1cc(C(=O)OC(C)C(N)=O)ccc1OCC(C)C. The second kappa shape index (κ2) is 8.26. The first-order valence-electron chi connectivity index (χ1n) is 7.25. The Kier molecular flexibility index (Phi) is 6.69. The number of hydrogen-bond acceptors (Lipinski definition) is 5. The number of amides is 1. The van der Waals surface area contributed by atoms with E-state index in [0.29, 0.717) is 30.6 Å². The van der Waals surface area contributed by atoms with Gasteiger partial charge in [0.1, 0.15) is 0 Å². The van der Waals surface area contributed by atoms with Crippen LogP contribution < -0.4 is 15.2 Å². The number of carbonyl (C=O) groups is 2. The molecule has 0 fully saturated rings. The summed E-state index contributed by atoms with van der Waals surface area (Å²) in [6, 6.07) is 4.75. The molecule has 0 aliphatic heterocycles. The van der Waals surface area contributed by atoms with Crippen molar-refractivity contribution in [1.29, 1.82) is 0 Å². The smallest absolute Gasteiger partial charge is 0.339 e. The van der Waals surface area contributed by atoms with Crippen LogP contribution in [0.15, 0.2) is 18.2 Å². The number of primary amides is 1. The second-order valence-electron chi connectivity index (χ2n) is 5.25. The van der Waals surface area contributed by atoms with Crippen LogP contribution in [0, 0.1) is 5.92 Å². The van der Waals surface area contributed by atoms with Gasteiger partial charge in [0.15, 0.2) is 17.6 Å². The number of hydrogen-bond donors (Lipinski definition) is 1. The van der Waals surface area contributed by atoms with E-state index in [1.807, 2.05) is 20.8 Å². The first-order chi connectivity index (χ1) is 10.3. The normalized spacial score (nSPS) is 11.9. The van der Waals surface area contributed by atoms with Crippen LogP contribution in [-0.2, 0) is 9.53 Å². The molecule has 6 nitrogen and oxygen atoms in total. The fraction of sp³-hybridized carbons (Fsp3) is 0.500. The predicted octanol–water partition coefficient (Wildman–Crippen LogP) is 2.15. The monoisotopic (exact) mass is 309 g/mol. The molecule has 0 spiro atoms. The average Bonchev–Trinajstić information content (AvgIpc) is 2.45. The molecular weight excluding hydrogens is 286 g/mol. The zero-order valence-corrected chi connectivity index (χ0v) is 13.4. The zero-order chi connectivity index (χ0) is 16.7. The number of ether oxygens (including phenoxy) is 3. The van der Waals surface area contributed by atoms with Crippen LogP contribution in [0.1, 0.15) is 38.1 Å². The van der Waals surface area contributed by atoms with Gasteiger partial charge < -0.3 is 19.9 Å². The van der Waals surface area contributed by atoms with Crippen LogP contribution in [0.3, 0.4) is 0 Å². The van der Waals surface area contributed by atoms with Gasteiger partial charge in [0.05, 0.1) is 18.8 Å². The van der Waals surface area contributed by atoms with E-state index < -0.39 is 18.0 Å². The maximum absolute atomic E-state index is 12.0. The molecule has 0 saturated heterocycles. The summed E-state index contributed by atoms with van der Waals surface area (Å²) in [6.45, 7) is 8.32. The maximum Gasteiger partial charge on any atom is 0.339 e. The highest BCUT2D eigenvalue weighted by molar-refractivity contribution is 5.92. The summed E-state index contributed by atoms with van der Waals surface area (Å²) < 4.78 is 16.1. The van der Waals surface area contributed by atoms with Gasteiger partial charge in [0.25, 0.3) is 5.91 Å². The Morgan fingerprint density at radius 2 is 1.82 bits per heavy atom. The van der Waals surface area contributed by atoms with Gasteiger partial charge in [0.2, 0.25) is 0 Å². The molecule has 2 N–H and O–H groups in total. The highest BCUT2D eigenvalue weighted by Gasteiger charge is 2.18. The van der Waals surface area contributed by atoms with Gasteiger partial charge in [-0.3, -0.25) is 4.79 Å². The Morgan fingerprint density at radius 3 is 2.36 bits per heavy atom. The third-order valence-corrected chi connectivity index (χ3v) is 2.74. The van der Waals surface area contributed by atoms with Crippen molar-refractivity contribution in [3.8, 4) is 11.5 Å². The fourth-order valence-corrected chi connectivity index (χ4v) is 1.57. The third kappa shape index (κ3) is 5.27. The van der Waals surface area contributed by atoms with Gasteiger partial charge in [0, 0.05) is 0 Å². The molecule has 0 radical (unpaired) electrons. The molecule has 1 amide bonds. The summed E-state index contributed by atoms with van der Waals surface area (Å²) in [4.78, 5) is 22.9. The lowest BCUT2D eigenvalue weighted by Crippen LogP contribution is -2.30. The Morgan fingerprint density at radius 1 is 1.14 bits per heavy atom. The minimum atomic E-state index is -0.986. The molecular formula is C16H23NO5. The lowest BCUT2D eigenvalue weighted by atomic mass is 10.2. The molecule has 1 aromatic carbocycles. The van der Waals surface area contributed by atoms with Crippen molar-refractivity contribution in [2.75, 3.05) is 13.2 Å². The summed E-state index contributed by atoms with van der Waals surface area (Å²) in [5.74, 6) is 0.0628. The molecule has 1 atom stereocenters. The molecule has 0 bridgehead atoms. The summed E-state index contributed by atoms with van der Waals surface area (Å²) in [5, 5.41) is 0. The predicted molar refractivity (Wildman–Crippen MR) is 82.0 cm³/mol. The molecule has 1 unspecified atom stereocenters. The first kappa shape index (κ1) is 17.8. The number of carbonyl (C=O) groups excluding carboxylic acids is 2. The fourth-order valence-electron chi connectivity index (χ4n) is 1.57. The van der Waals surface area contributed by atoms with Crippen molar-refractivity contribution in [3.05, 3.63) is 23.8 Å². The van der Waals surface area contributed by atoms with Crippen LogP contribution in [0.4, 0.5) is 0 Å². The van der Waals surface area contributed by atoms with Crippen molar-refractivity contribution >= 4 is 11.9 Å². The summed E-state index contributed by atoms with van der Waals surface area (Å²) in [7, 11) is 0. The number of rotatable bonds is 8. The Balaban J connectivity index is 2.91. The summed E-state index contributed by atoms with van der Waals surface area (Å²) >= 11 is 0. The number of benzene rings is 1. The lowest BCUT2D eigenvalue weighted by molar-refractivity contribution is -0.125. The van der Waals surface area contributed by atoms with E-state index in [1.165, 1.54) is 13.0 Å². The summed E-state index contributed by atoms with van der Waals surface area (Å²) in [6.07, 6.45) is -0.986. The Labute approximate surface area is 130 Å². The molecule has 1 rings (SSSR count). The largest absolute Gasteiger partial charge is 0.490 e. The first-order valence-corrected chi connectivity index (χ1v) is 7.25. The van der Waals surface area contributed by atoms with E-state index in [4.69, 9.17) is 19.9 Å². The molecule has 1 aromatic rings. The van der Waals surface area contributed by atoms with Gasteiger partial charge in [-0.2, -0.15) is 0 Å². The third-order valence-electron chi connectivity index (χ3n) is 2.74. The van der Waals surface area contributed by atoms with E-state index in [2.05, 4.69) is 0 Å². The minimum Gasteiger partial charge on any atom is -0.490 e. The van der Waals surface area contributed by atoms with Crippen LogP contribution in [0.25, 0.3) is 0 Å². The van der Waals surface area contributed by atoms with Gasteiger partial charge in [-0.1, -0.05) is 13.8 Å². The average molecular weight is 309 g/mol. The van der Waals surface area contributed by atoms with E-state index in [9.17, 15) is 9.59 Å². The maximum atomic E-state index is 12.0. The molecule has 0 aliphatic carbocycles. The molecule has 22 heavy (non-hydrogen) atoms. The molecule has 0 saturated carbocycles. The Hall–Kier alpha value is -2.24. The number of esters is 1. The van der Waals surface area contributed by atoms with Gasteiger partial charge in [-0.05, 0) is 38.0 Å². The van der Waals surface area contributed by atoms with Crippen LogP contribution in [-0.4, -0.2) is 31.2 Å². The minimum absolute atomic E-state index is 0.272. The van der Waals surface area contributed by atoms with E-state index in [0.717, 1.165) is 0 Å². The Bertz CT molecular complexity index is 527. The van der Waals surface area contributed by atoms with Crippen molar-refractivity contribution in [2.45, 2.75) is 33.8 Å². The highest BCUT2D eigenvalue weighted by Crippen LogP contribution is 2.29. The van der Waals surface area contributed by atoms with Crippen molar-refractivity contribution < 1.29 is 23.8 Å². The topological polar surface area (TPSA) is 87.9 Å². The van der Waals surface area contributed by atoms with Crippen molar-refractivity contribution in [1.82, 2.24) is 0 Å². The number of nitrogens with two attached hydrogens (primary N) is 1. The summed E-state index contributed by atoms with van der Waals surface area (Å²) in [5.41, 5.74) is 5.34. The molecule has 0 aromatic heterocycles. The van der Waals surface area contributed by atoms with Gasteiger partial charge in [-0.15, -0.1) is 0 Å². The van der Waals surface area contributed by atoms with Crippen molar-refractivity contribution in [2.24, 2.45) is 11.7 Å². The lowest BCUT2D eigenvalue weighted by Gasteiger charge is -2.15. The van der Waals surface area contributed by atoms with Crippen LogP contribution in [0.5, 0.6) is 11.5 Å². The zero-order valence-electron chi connectivity index (χ0n) is 13.4. The van der Waals surface area contributed by atoms with Crippen LogP contribution in [0.2, 0.25) is 0 Å². The standard InChI is InChI=1S/C16H23NO5/c1-5-20-14-8-12(16(19)22-11(4)15(17)18)6-7-13(14)21-9-10(2)3/h6-8,10-11H,5,9H2,1-4H3,(H2,17,18).